The molecule has 1 unspecified atom stereocenters. The van der Waals surface area contributed by atoms with Crippen LogP contribution in [0.2, 0.25) is 5.02 Å². The van der Waals surface area contributed by atoms with E-state index in [2.05, 4.69) is 20.2 Å². The van der Waals surface area contributed by atoms with Gasteiger partial charge in [-0.05, 0) is 18.6 Å². The third-order valence-electron chi connectivity index (χ3n) is 3.58. The maximum absolute atomic E-state index is 12.0. The number of aromatic nitrogens is 3. The minimum Gasteiger partial charge on any atom is -0.361 e. The normalized spacial score (nSPS) is 18.0. The van der Waals surface area contributed by atoms with Crippen LogP contribution in [0.25, 0.3) is 0 Å². The predicted octanol–water partition coefficient (Wildman–Crippen LogP) is 1.52. The van der Waals surface area contributed by atoms with Crippen LogP contribution in [0.3, 0.4) is 0 Å². The van der Waals surface area contributed by atoms with Gasteiger partial charge >= 0.3 is 0 Å². The summed E-state index contributed by atoms with van der Waals surface area (Å²) in [4.78, 5) is 22.5. The standard InChI is InChI=1S/C14H16ClN5O/c1-19-8-6-16-12(14(19)21)18-10-4-7-20(9-10)13-11(15)3-2-5-17-13/h2-3,5-6,8,10H,4,7,9H2,1H3,(H,16,18). The van der Waals surface area contributed by atoms with E-state index < -0.39 is 0 Å². The maximum Gasteiger partial charge on any atom is 0.293 e. The van der Waals surface area contributed by atoms with E-state index >= 15 is 0 Å². The molecule has 1 fully saturated rings. The van der Waals surface area contributed by atoms with Gasteiger partial charge in [0, 0.05) is 44.8 Å². The Morgan fingerprint density at radius 1 is 1.38 bits per heavy atom. The molecule has 2 aromatic heterocycles. The predicted molar refractivity (Wildman–Crippen MR) is 83.0 cm³/mol. The fourth-order valence-electron chi connectivity index (χ4n) is 2.47. The van der Waals surface area contributed by atoms with E-state index in [1.165, 1.54) is 4.57 Å². The van der Waals surface area contributed by atoms with E-state index in [9.17, 15) is 4.79 Å². The topological polar surface area (TPSA) is 63.1 Å². The smallest absolute Gasteiger partial charge is 0.293 e. The van der Waals surface area contributed by atoms with Crippen LogP contribution in [0.15, 0.2) is 35.5 Å². The van der Waals surface area contributed by atoms with Gasteiger partial charge in [0.15, 0.2) is 5.82 Å². The summed E-state index contributed by atoms with van der Waals surface area (Å²) in [5.41, 5.74) is -0.119. The van der Waals surface area contributed by atoms with Crippen LogP contribution in [0.4, 0.5) is 11.6 Å². The third-order valence-corrected chi connectivity index (χ3v) is 3.88. The molecule has 1 atom stereocenters. The van der Waals surface area contributed by atoms with Gasteiger partial charge in [-0.25, -0.2) is 9.97 Å². The zero-order valence-corrected chi connectivity index (χ0v) is 12.4. The van der Waals surface area contributed by atoms with Crippen LogP contribution in [-0.2, 0) is 7.05 Å². The van der Waals surface area contributed by atoms with Gasteiger partial charge in [0.05, 0.1) is 5.02 Å². The van der Waals surface area contributed by atoms with Gasteiger partial charge in [-0.1, -0.05) is 11.6 Å². The van der Waals surface area contributed by atoms with Crippen molar-refractivity contribution in [2.24, 2.45) is 7.05 Å². The number of hydrogen-bond donors (Lipinski definition) is 1. The lowest BCUT2D eigenvalue weighted by Crippen LogP contribution is -2.31. The Bertz CT molecular complexity index is 702. The Hall–Kier alpha value is -2.08. The minimum absolute atomic E-state index is 0.119. The van der Waals surface area contributed by atoms with Gasteiger partial charge in [0.1, 0.15) is 5.82 Å². The first kappa shape index (κ1) is 13.9. The molecule has 0 saturated carbocycles. The second kappa shape index (κ2) is 5.73. The molecular formula is C14H16ClN5O. The first-order valence-corrected chi connectivity index (χ1v) is 7.16. The average Bonchev–Trinajstić information content (AvgIpc) is 2.93. The summed E-state index contributed by atoms with van der Waals surface area (Å²) in [5.74, 6) is 1.18. The second-order valence-corrected chi connectivity index (χ2v) is 5.48. The molecule has 2 aromatic rings. The van der Waals surface area contributed by atoms with Crippen molar-refractivity contribution in [3.63, 3.8) is 0 Å². The van der Waals surface area contributed by atoms with Crippen LogP contribution < -0.4 is 15.8 Å². The Morgan fingerprint density at radius 2 is 2.24 bits per heavy atom. The summed E-state index contributed by atoms with van der Waals surface area (Å²) in [7, 11) is 1.71. The maximum atomic E-state index is 12.0. The highest BCUT2D eigenvalue weighted by molar-refractivity contribution is 6.32. The van der Waals surface area contributed by atoms with E-state index in [4.69, 9.17) is 11.6 Å². The highest BCUT2D eigenvalue weighted by Crippen LogP contribution is 2.26. The molecule has 21 heavy (non-hydrogen) atoms. The summed E-state index contributed by atoms with van der Waals surface area (Å²) in [6.07, 6.45) is 5.90. The fraction of sp³-hybridized carbons (Fsp3) is 0.357. The Balaban J connectivity index is 1.72. The SMILES string of the molecule is Cn1ccnc(NC2CCN(c3ncccc3Cl)C2)c1=O. The third kappa shape index (κ3) is 2.85. The van der Waals surface area contributed by atoms with Gasteiger partial charge in [-0.2, -0.15) is 0 Å². The molecule has 7 heteroatoms. The van der Waals surface area contributed by atoms with Crippen LogP contribution in [0.1, 0.15) is 6.42 Å². The van der Waals surface area contributed by atoms with E-state index in [-0.39, 0.29) is 11.6 Å². The lowest BCUT2D eigenvalue weighted by atomic mass is 10.2. The Labute approximate surface area is 127 Å². The number of halogens is 1. The Kier molecular flexibility index (Phi) is 3.79. The van der Waals surface area contributed by atoms with Gasteiger partial charge in [-0.15, -0.1) is 0 Å². The minimum atomic E-state index is -0.119. The monoisotopic (exact) mass is 305 g/mol. The van der Waals surface area contributed by atoms with Crippen molar-refractivity contribution in [3.8, 4) is 0 Å². The van der Waals surface area contributed by atoms with Crippen molar-refractivity contribution in [2.75, 3.05) is 23.3 Å². The molecule has 0 aromatic carbocycles. The molecule has 110 valence electrons. The highest BCUT2D eigenvalue weighted by atomic mass is 35.5. The highest BCUT2D eigenvalue weighted by Gasteiger charge is 2.25. The summed E-state index contributed by atoms with van der Waals surface area (Å²) < 4.78 is 1.51. The van der Waals surface area contributed by atoms with Crippen LogP contribution >= 0.6 is 11.6 Å². The van der Waals surface area contributed by atoms with E-state index in [0.29, 0.717) is 10.8 Å². The van der Waals surface area contributed by atoms with E-state index in [1.807, 2.05) is 12.1 Å². The molecular weight excluding hydrogens is 290 g/mol. The molecule has 1 aliphatic heterocycles. The molecule has 1 aliphatic rings. The number of pyridine rings is 1. The summed E-state index contributed by atoms with van der Waals surface area (Å²) >= 11 is 6.17. The molecule has 1 N–H and O–H groups in total. The van der Waals surface area contributed by atoms with Crippen molar-refractivity contribution < 1.29 is 0 Å². The zero-order chi connectivity index (χ0) is 14.8. The lowest BCUT2D eigenvalue weighted by Gasteiger charge is -2.19. The van der Waals surface area contributed by atoms with Gasteiger partial charge in [0.25, 0.3) is 5.56 Å². The number of hydrogen-bond acceptors (Lipinski definition) is 5. The molecule has 0 amide bonds. The van der Waals surface area contributed by atoms with Gasteiger partial charge in [0.2, 0.25) is 0 Å². The number of aryl methyl sites for hydroxylation is 1. The number of rotatable bonds is 3. The Morgan fingerprint density at radius 3 is 3.05 bits per heavy atom. The van der Waals surface area contributed by atoms with Crippen molar-refractivity contribution in [3.05, 3.63) is 46.1 Å². The molecule has 3 heterocycles. The summed E-state index contributed by atoms with van der Waals surface area (Å²) in [6, 6.07) is 3.81. The molecule has 6 nitrogen and oxygen atoms in total. The quantitative estimate of drug-likeness (QED) is 0.931. The van der Waals surface area contributed by atoms with Gasteiger partial charge in [-0.3, -0.25) is 4.79 Å². The molecule has 3 rings (SSSR count). The van der Waals surface area contributed by atoms with Crippen LogP contribution in [0.5, 0.6) is 0 Å². The van der Waals surface area contributed by atoms with E-state index in [1.54, 1.807) is 25.6 Å². The first-order chi connectivity index (χ1) is 10.1. The summed E-state index contributed by atoms with van der Waals surface area (Å²) in [5, 5.41) is 3.86. The number of nitrogens with zero attached hydrogens (tertiary/aromatic N) is 4. The van der Waals surface area contributed by atoms with Crippen molar-refractivity contribution in [1.82, 2.24) is 14.5 Å². The molecule has 0 aliphatic carbocycles. The molecule has 0 bridgehead atoms. The lowest BCUT2D eigenvalue weighted by molar-refractivity contribution is 0.777. The van der Waals surface area contributed by atoms with Crippen molar-refractivity contribution in [1.29, 1.82) is 0 Å². The molecule has 0 spiro atoms. The zero-order valence-electron chi connectivity index (χ0n) is 11.7. The molecule has 1 saturated heterocycles. The van der Waals surface area contributed by atoms with Crippen LogP contribution in [0, 0.1) is 0 Å². The first-order valence-electron chi connectivity index (χ1n) is 6.79. The van der Waals surface area contributed by atoms with Crippen molar-refractivity contribution in [2.45, 2.75) is 12.5 Å². The summed E-state index contributed by atoms with van der Waals surface area (Å²) in [6.45, 7) is 1.60. The molecule has 0 radical (unpaired) electrons. The van der Waals surface area contributed by atoms with Gasteiger partial charge < -0.3 is 14.8 Å². The van der Waals surface area contributed by atoms with Crippen LogP contribution in [-0.4, -0.2) is 33.7 Å². The average molecular weight is 306 g/mol. The largest absolute Gasteiger partial charge is 0.361 e. The number of anilines is 2. The van der Waals surface area contributed by atoms with E-state index in [0.717, 1.165) is 25.3 Å². The second-order valence-electron chi connectivity index (χ2n) is 5.08. The fourth-order valence-corrected chi connectivity index (χ4v) is 2.71. The number of nitrogens with one attached hydrogen (secondary N) is 1. The van der Waals surface area contributed by atoms with Crippen molar-refractivity contribution >= 4 is 23.2 Å².